The van der Waals surface area contributed by atoms with Crippen molar-refractivity contribution in [2.75, 3.05) is 7.05 Å². The van der Waals surface area contributed by atoms with Crippen molar-refractivity contribution in [2.24, 2.45) is 10.8 Å². The van der Waals surface area contributed by atoms with Crippen LogP contribution in [0.2, 0.25) is 0 Å². The standard InChI is InChI=1S/C12H21N3S/c1-11(2)5-8-6-12(3,7-11)9(13)15(8)10(16)14-4/h8,13H,5-7H2,1-4H3,(H,14,16). The molecule has 1 saturated heterocycles. The molecule has 2 fully saturated rings. The van der Waals surface area contributed by atoms with Gasteiger partial charge < -0.3 is 10.2 Å². The number of fused-ring (bicyclic) bond motifs is 2. The Bertz CT molecular complexity index is 350. The van der Waals surface area contributed by atoms with Crippen LogP contribution in [-0.4, -0.2) is 28.9 Å². The Morgan fingerprint density at radius 1 is 1.44 bits per heavy atom. The molecule has 1 aliphatic carbocycles. The molecule has 2 atom stereocenters. The van der Waals surface area contributed by atoms with Crippen LogP contribution in [0.3, 0.4) is 0 Å². The summed E-state index contributed by atoms with van der Waals surface area (Å²) in [5.41, 5.74) is 0.343. The van der Waals surface area contributed by atoms with Gasteiger partial charge in [-0.2, -0.15) is 0 Å². The van der Waals surface area contributed by atoms with E-state index in [0.29, 0.717) is 22.4 Å². The van der Waals surface area contributed by atoms with Crippen molar-refractivity contribution in [3.8, 4) is 0 Å². The highest BCUT2D eigenvalue weighted by molar-refractivity contribution is 7.80. The van der Waals surface area contributed by atoms with Crippen molar-refractivity contribution in [2.45, 2.75) is 46.1 Å². The molecule has 1 aliphatic heterocycles. The Labute approximate surface area is 103 Å². The van der Waals surface area contributed by atoms with Crippen LogP contribution in [0.4, 0.5) is 0 Å². The fourth-order valence-corrected chi connectivity index (χ4v) is 3.90. The van der Waals surface area contributed by atoms with E-state index in [4.69, 9.17) is 17.6 Å². The van der Waals surface area contributed by atoms with E-state index in [0.717, 1.165) is 19.3 Å². The lowest BCUT2D eigenvalue weighted by Crippen LogP contribution is -2.44. The Hall–Kier alpha value is -0.640. The largest absolute Gasteiger partial charge is 0.365 e. The highest BCUT2D eigenvalue weighted by Crippen LogP contribution is 2.53. The molecule has 2 unspecified atom stereocenters. The minimum Gasteiger partial charge on any atom is -0.365 e. The molecule has 0 radical (unpaired) electrons. The third-order valence-corrected chi connectivity index (χ3v) is 4.35. The maximum atomic E-state index is 8.34. The summed E-state index contributed by atoms with van der Waals surface area (Å²) in [6.07, 6.45) is 3.31. The summed E-state index contributed by atoms with van der Waals surface area (Å²) >= 11 is 5.31. The molecule has 3 nitrogen and oxygen atoms in total. The van der Waals surface area contributed by atoms with Crippen LogP contribution < -0.4 is 5.32 Å². The molecule has 2 N–H and O–H groups in total. The van der Waals surface area contributed by atoms with Crippen LogP contribution in [0.1, 0.15) is 40.0 Å². The summed E-state index contributed by atoms with van der Waals surface area (Å²) < 4.78 is 0. The first-order valence-electron chi connectivity index (χ1n) is 5.89. The molecule has 2 rings (SSSR count). The average molecular weight is 239 g/mol. The summed E-state index contributed by atoms with van der Waals surface area (Å²) in [5.74, 6) is 0.711. The minimum absolute atomic E-state index is 0.0212. The Morgan fingerprint density at radius 2 is 2.06 bits per heavy atom. The van der Waals surface area contributed by atoms with Gasteiger partial charge in [0.05, 0.1) is 0 Å². The third kappa shape index (κ3) is 1.63. The van der Waals surface area contributed by atoms with Crippen LogP contribution in [0.15, 0.2) is 0 Å². The molecule has 16 heavy (non-hydrogen) atoms. The van der Waals surface area contributed by atoms with E-state index in [-0.39, 0.29) is 5.41 Å². The van der Waals surface area contributed by atoms with Gasteiger partial charge in [-0.15, -0.1) is 0 Å². The van der Waals surface area contributed by atoms with Crippen LogP contribution in [0, 0.1) is 16.2 Å². The Morgan fingerprint density at radius 3 is 2.62 bits per heavy atom. The van der Waals surface area contributed by atoms with Gasteiger partial charge in [0.25, 0.3) is 0 Å². The SMILES string of the molecule is CNC(=S)N1C(=N)C2(C)CC1CC(C)(C)C2. The third-order valence-electron chi connectivity index (χ3n) is 3.95. The molecule has 0 aromatic heterocycles. The zero-order chi connectivity index (χ0) is 12.1. The smallest absolute Gasteiger partial charge is 0.174 e. The highest BCUT2D eigenvalue weighted by atomic mass is 32.1. The van der Waals surface area contributed by atoms with E-state index in [1.807, 2.05) is 11.9 Å². The monoisotopic (exact) mass is 239 g/mol. The molecule has 0 spiro atoms. The average Bonchev–Trinajstić information content (AvgIpc) is 2.31. The number of hydrogen-bond donors (Lipinski definition) is 2. The molecule has 1 heterocycles. The summed E-state index contributed by atoms with van der Waals surface area (Å²) in [5, 5.41) is 12.1. The second kappa shape index (κ2) is 3.42. The van der Waals surface area contributed by atoms with Crippen molar-refractivity contribution in [3.05, 3.63) is 0 Å². The molecular weight excluding hydrogens is 218 g/mol. The van der Waals surface area contributed by atoms with Gasteiger partial charge in [0.1, 0.15) is 5.84 Å². The van der Waals surface area contributed by atoms with Gasteiger partial charge in [0, 0.05) is 18.5 Å². The molecule has 0 aromatic carbocycles. The van der Waals surface area contributed by atoms with Gasteiger partial charge in [-0.3, -0.25) is 5.41 Å². The van der Waals surface area contributed by atoms with Crippen LogP contribution in [0.5, 0.6) is 0 Å². The van der Waals surface area contributed by atoms with Crippen molar-refractivity contribution in [1.29, 1.82) is 5.41 Å². The van der Waals surface area contributed by atoms with Crippen LogP contribution in [-0.2, 0) is 0 Å². The van der Waals surface area contributed by atoms with E-state index < -0.39 is 0 Å². The second-order valence-electron chi connectivity index (χ2n) is 6.24. The summed E-state index contributed by atoms with van der Waals surface area (Å²) in [7, 11) is 1.84. The summed E-state index contributed by atoms with van der Waals surface area (Å²) in [6, 6.07) is 0.418. The van der Waals surface area contributed by atoms with Crippen molar-refractivity contribution < 1.29 is 0 Å². The normalized spacial score (nSPS) is 36.4. The molecule has 2 bridgehead atoms. The fourth-order valence-electron chi connectivity index (χ4n) is 3.65. The fraction of sp³-hybridized carbons (Fsp3) is 0.833. The molecule has 0 amide bonds. The van der Waals surface area contributed by atoms with Crippen molar-refractivity contribution in [3.63, 3.8) is 0 Å². The zero-order valence-corrected chi connectivity index (χ0v) is 11.4. The van der Waals surface area contributed by atoms with E-state index in [9.17, 15) is 0 Å². The molecule has 1 saturated carbocycles. The summed E-state index contributed by atoms with van der Waals surface area (Å²) in [6.45, 7) is 6.81. The summed E-state index contributed by atoms with van der Waals surface area (Å²) in [4.78, 5) is 2.03. The number of rotatable bonds is 0. The zero-order valence-electron chi connectivity index (χ0n) is 10.6. The molecule has 0 aromatic rings. The minimum atomic E-state index is 0.0212. The number of amidine groups is 1. The van der Waals surface area contributed by atoms with Crippen molar-refractivity contribution >= 4 is 23.2 Å². The lowest BCUT2D eigenvalue weighted by atomic mass is 9.65. The van der Waals surface area contributed by atoms with Gasteiger partial charge in [-0.05, 0) is 36.9 Å². The maximum Gasteiger partial charge on any atom is 0.174 e. The number of hydrogen-bond acceptors (Lipinski definition) is 2. The quantitative estimate of drug-likeness (QED) is 0.638. The van der Waals surface area contributed by atoms with E-state index in [2.05, 4.69) is 26.1 Å². The van der Waals surface area contributed by atoms with Crippen molar-refractivity contribution in [1.82, 2.24) is 10.2 Å². The first-order chi connectivity index (χ1) is 7.29. The molecular formula is C12H21N3S. The first kappa shape index (κ1) is 11.8. The second-order valence-corrected chi connectivity index (χ2v) is 6.62. The van der Waals surface area contributed by atoms with Gasteiger partial charge in [-0.1, -0.05) is 20.8 Å². The predicted molar refractivity (Wildman–Crippen MR) is 70.8 cm³/mol. The number of nitrogens with zero attached hydrogens (tertiary/aromatic N) is 1. The Balaban J connectivity index is 2.34. The molecule has 4 heteroatoms. The van der Waals surface area contributed by atoms with E-state index in [1.54, 1.807) is 0 Å². The van der Waals surface area contributed by atoms with Gasteiger partial charge in [0.15, 0.2) is 5.11 Å². The van der Waals surface area contributed by atoms with Gasteiger partial charge in [-0.25, -0.2) is 0 Å². The molecule has 90 valence electrons. The lowest BCUT2D eigenvalue weighted by molar-refractivity contribution is 0.142. The number of thiocarbonyl (C=S) groups is 1. The number of likely N-dealkylation sites (tertiary alicyclic amines) is 1. The lowest BCUT2D eigenvalue weighted by Gasteiger charge is -2.38. The first-order valence-corrected chi connectivity index (χ1v) is 6.30. The number of nitrogens with one attached hydrogen (secondary N) is 2. The van der Waals surface area contributed by atoms with E-state index in [1.165, 1.54) is 0 Å². The molecule has 2 aliphatic rings. The Kier molecular flexibility index (Phi) is 2.53. The highest BCUT2D eigenvalue weighted by Gasteiger charge is 2.54. The maximum absolute atomic E-state index is 8.34. The van der Waals surface area contributed by atoms with Crippen LogP contribution in [0.25, 0.3) is 0 Å². The van der Waals surface area contributed by atoms with E-state index >= 15 is 0 Å². The van der Waals surface area contributed by atoms with Crippen LogP contribution >= 0.6 is 12.2 Å². The van der Waals surface area contributed by atoms with Gasteiger partial charge >= 0.3 is 0 Å². The predicted octanol–water partition coefficient (Wildman–Crippen LogP) is 2.37. The van der Waals surface area contributed by atoms with Gasteiger partial charge in [0.2, 0.25) is 0 Å². The topological polar surface area (TPSA) is 39.1 Å².